The highest BCUT2D eigenvalue weighted by molar-refractivity contribution is 5.97. The highest BCUT2D eigenvalue weighted by atomic mass is 35.7. The number of amides is 1. The predicted octanol–water partition coefficient (Wildman–Crippen LogP) is -5.04. The van der Waals surface area contributed by atoms with Crippen LogP contribution in [0.15, 0.2) is 48.5 Å². The summed E-state index contributed by atoms with van der Waals surface area (Å²) in [4.78, 5) is 15.6. The summed E-state index contributed by atoms with van der Waals surface area (Å²) in [6.07, 6.45) is 4.36. The molecule has 4 rings (SSSR count). The van der Waals surface area contributed by atoms with Crippen molar-refractivity contribution in [3.63, 3.8) is 0 Å². The van der Waals surface area contributed by atoms with Crippen LogP contribution in [0.2, 0.25) is 0 Å². The van der Waals surface area contributed by atoms with Gasteiger partial charge in [0.25, 0.3) is 0 Å². The fourth-order valence-electron chi connectivity index (χ4n) is 3.05. The number of rotatable bonds is 0. The van der Waals surface area contributed by atoms with Crippen LogP contribution in [0.3, 0.4) is 0 Å². The van der Waals surface area contributed by atoms with E-state index in [0.29, 0.717) is 0 Å². The molecule has 0 aromatic heterocycles. The third kappa shape index (κ3) is 3.72. The molecule has 2 aromatic carbocycles. The number of carbonyl (C=O) groups is 1. The molecule has 0 bridgehead atoms. The second kappa shape index (κ2) is 6.57. The van der Waals surface area contributed by atoms with Crippen LogP contribution >= 0.6 is 0 Å². The number of hydrogen-bond donors (Lipinski definition) is 1. The Bertz CT molecular complexity index is 919. The molecule has 0 spiro atoms. The Kier molecular flexibility index (Phi) is 4.61. The summed E-state index contributed by atoms with van der Waals surface area (Å²) in [5.41, 5.74) is 1.80. The van der Waals surface area contributed by atoms with Crippen molar-refractivity contribution in [3.05, 3.63) is 64.5 Å². The first kappa shape index (κ1) is 17.6. The molecule has 25 heavy (non-hydrogen) atoms. The van der Waals surface area contributed by atoms with Crippen molar-refractivity contribution < 1.29 is 38.6 Å². The fraction of sp³-hybridized carbons (Fsp3) is 0.118. The van der Waals surface area contributed by atoms with Gasteiger partial charge < -0.3 is 0 Å². The fourth-order valence-corrected chi connectivity index (χ4v) is 3.05. The first-order valence-corrected chi connectivity index (χ1v) is 8.65. The summed E-state index contributed by atoms with van der Waals surface area (Å²) in [7, 11) is -3.01. The lowest BCUT2D eigenvalue weighted by Crippen LogP contribution is -3.18. The SMILES string of the molecule is C[NH+]1C(=O)c2ccccc2N2C=c3ccccc3=CC21.[O-][Cl+3]([O-])([O-])[O-]. The monoisotopic (exact) mass is 362 g/mol. The minimum atomic E-state index is -4.94. The van der Waals surface area contributed by atoms with Gasteiger partial charge >= 0.3 is 5.91 Å². The Morgan fingerprint density at radius 1 is 0.960 bits per heavy atom. The Hall–Kier alpha value is -2.26. The van der Waals surface area contributed by atoms with Crippen LogP contribution < -0.4 is 38.9 Å². The Morgan fingerprint density at radius 2 is 1.52 bits per heavy atom. The standard InChI is InChI=1S/C17H14N2O.ClHO4/c1-18-16-10-12-6-2-3-7-13(12)11-19(16)15-9-5-4-8-14(15)17(18)20;2-1(3,4)5/h2-11,16H,1H3;(H,2,3,4,5). The summed E-state index contributed by atoms with van der Waals surface area (Å²) >= 11 is 0. The molecule has 2 aliphatic heterocycles. The van der Waals surface area contributed by atoms with Crippen molar-refractivity contribution in [3.8, 4) is 0 Å². The topological polar surface area (TPSA) is 117 Å². The molecule has 2 unspecified atom stereocenters. The van der Waals surface area contributed by atoms with Crippen molar-refractivity contribution in [2.45, 2.75) is 6.17 Å². The smallest absolute Gasteiger partial charge is 0.293 e. The van der Waals surface area contributed by atoms with Gasteiger partial charge in [0, 0.05) is 12.3 Å². The molecule has 0 aliphatic carbocycles. The molecule has 7 nitrogen and oxygen atoms in total. The number of halogens is 1. The number of para-hydroxylation sites is 1. The summed E-state index contributed by atoms with van der Waals surface area (Å²) in [5, 5.41) is 2.39. The van der Waals surface area contributed by atoms with Gasteiger partial charge in [-0.15, -0.1) is 10.2 Å². The second-order valence-electron chi connectivity index (χ2n) is 5.68. The summed E-state index contributed by atoms with van der Waals surface area (Å²) in [6.45, 7) is 0. The number of nitrogens with one attached hydrogen (secondary N) is 1. The third-order valence-electron chi connectivity index (χ3n) is 4.14. The van der Waals surface area contributed by atoms with Crippen LogP contribution in [-0.2, 0) is 0 Å². The van der Waals surface area contributed by atoms with Gasteiger partial charge in [-0.3, -0.25) is 4.90 Å². The molecule has 1 N–H and O–H groups in total. The maximum absolute atomic E-state index is 12.5. The summed E-state index contributed by atoms with van der Waals surface area (Å²) < 4.78 is 34.0. The molecule has 2 atom stereocenters. The Balaban J connectivity index is 0.000000324. The van der Waals surface area contributed by atoms with Gasteiger partial charge in [-0.1, -0.05) is 36.4 Å². The first-order chi connectivity index (χ1) is 11.8. The zero-order chi connectivity index (χ0) is 18.2. The number of quaternary nitrogens is 1. The quantitative estimate of drug-likeness (QED) is 0.501. The number of benzene rings is 2. The molecule has 8 heteroatoms. The second-order valence-corrected chi connectivity index (χ2v) is 6.44. The lowest BCUT2D eigenvalue weighted by Gasteiger charge is -2.37. The molecule has 0 fully saturated rings. The van der Waals surface area contributed by atoms with Crippen LogP contribution in [0.25, 0.3) is 12.3 Å². The highest BCUT2D eigenvalue weighted by Gasteiger charge is 2.38. The largest absolute Gasteiger partial charge is 0.348 e. The zero-order valence-electron chi connectivity index (χ0n) is 13.2. The zero-order valence-corrected chi connectivity index (χ0v) is 14.0. The van der Waals surface area contributed by atoms with Crippen molar-refractivity contribution in [1.82, 2.24) is 0 Å². The molecule has 0 saturated carbocycles. The van der Waals surface area contributed by atoms with Crippen molar-refractivity contribution in [2.75, 3.05) is 11.9 Å². The van der Waals surface area contributed by atoms with Crippen LogP contribution in [0.4, 0.5) is 5.69 Å². The highest BCUT2D eigenvalue weighted by Crippen LogP contribution is 2.25. The number of carbonyl (C=O) groups excluding carboxylic acids is 1. The van der Waals surface area contributed by atoms with E-state index in [1.165, 1.54) is 10.4 Å². The number of anilines is 1. The van der Waals surface area contributed by atoms with E-state index in [-0.39, 0.29) is 12.1 Å². The van der Waals surface area contributed by atoms with Gasteiger partial charge in [0.1, 0.15) is 5.56 Å². The van der Waals surface area contributed by atoms with Gasteiger partial charge in [-0.2, -0.15) is 0 Å². The minimum Gasteiger partial charge on any atom is -0.293 e. The van der Waals surface area contributed by atoms with Gasteiger partial charge in [0.2, 0.25) is 0 Å². The van der Waals surface area contributed by atoms with Crippen molar-refractivity contribution >= 4 is 23.9 Å². The first-order valence-electron chi connectivity index (χ1n) is 7.42. The van der Waals surface area contributed by atoms with Gasteiger partial charge in [0.05, 0.1) is 12.7 Å². The van der Waals surface area contributed by atoms with E-state index in [4.69, 9.17) is 18.6 Å². The summed E-state index contributed by atoms with van der Waals surface area (Å²) in [6, 6.07) is 16.1. The average Bonchev–Trinajstić information content (AvgIpc) is 2.57. The van der Waals surface area contributed by atoms with Gasteiger partial charge in [-0.05, 0) is 22.6 Å². The molecule has 0 saturated heterocycles. The predicted molar refractivity (Wildman–Crippen MR) is 78.5 cm³/mol. The summed E-state index contributed by atoms with van der Waals surface area (Å²) in [5.74, 6) is 0.158. The average molecular weight is 363 g/mol. The Morgan fingerprint density at radius 3 is 2.20 bits per heavy atom. The normalized spacial score (nSPS) is 20.8. The van der Waals surface area contributed by atoms with E-state index in [1.54, 1.807) is 0 Å². The third-order valence-corrected chi connectivity index (χ3v) is 4.14. The van der Waals surface area contributed by atoms with Gasteiger partial charge in [-0.25, -0.2) is 28.3 Å². The van der Waals surface area contributed by atoms with Crippen LogP contribution in [0, 0.1) is 10.2 Å². The molecular formula is C17H15ClN2O5. The maximum Gasteiger partial charge on any atom is 0.348 e. The number of fused-ring (bicyclic) bond motifs is 4. The molecule has 0 radical (unpaired) electrons. The van der Waals surface area contributed by atoms with Crippen molar-refractivity contribution in [2.24, 2.45) is 0 Å². The molecule has 130 valence electrons. The Labute approximate surface area is 145 Å². The van der Waals surface area contributed by atoms with Crippen LogP contribution in [0.1, 0.15) is 10.4 Å². The molecule has 1 amide bonds. The minimum absolute atomic E-state index is 0.0345. The van der Waals surface area contributed by atoms with Crippen LogP contribution in [0.5, 0.6) is 0 Å². The number of hydrogen-bond acceptors (Lipinski definition) is 6. The molecular weight excluding hydrogens is 348 g/mol. The molecule has 2 aromatic rings. The molecule has 2 heterocycles. The van der Waals surface area contributed by atoms with E-state index in [0.717, 1.165) is 16.2 Å². The van der Waals surface area contributed by atoms with E-state index >= 15 is 0 Å². The van der Waals surface area contributed by atoms with E-state index in [2.05, 4.69) is 29.3 Å². The molecule has 2 aliphatic rings. The number of nitrogens with zero attached hydrogens (tertiary/aromatic N) is 1. The van der Waals surface area contributed by atoms with E-state index in [1.807, 2.05) is 43.4 Å². The lowest BCUT2D eigenvalue weighted by molar-refractivity contribution is -2.00. The van der Waals surface area contributed by atoms with E-state index in [9.17, 15) is 4.79 Å². The lowest BCUT2D eigenvalue weighted by atomic mass is 10.0. The van der Waals surface area contributed by atoms with Crippen molar-refractivity contribution in [1.29, 1.82) is 0 Å². The van der Waals surface area contributed by atoms with Crippen LogP contribution in [-0.4, -0.2) is 19.1 Å². The maximum atomic E-state index is 12.5. The van der Waals surface area contributed by atoms with Gasteiger partial charge in [0.15, 0.2) is 6.17 Å². The van der Waals surface area contributed by atoms with E-state index < -0.39 is 10.2 Å².